The van der Waals surface area contributed by atoms with Gasteiger partial charge in [0.1, 0.15) is 0 Å². The zero-order valence-corrected chi connectivity index (χ0v) is 14.0. The molecule has 1 aromatic carbocycles. The third-order valence-corrected chi connectivity index (χ3v) is 4.74. The molecule has 21 heavy (non-hydrogen) atoms. The van der Waals surface area contributed by atoms with Gasteiger partial charge in [0.15, 0.2) is 0 Å². The standard InChI is InChI=1S/C15H24N2O3S/c1-6-12(5)17-21(19,20)13-8-7-11(4)14(9-13)15(18)16-10(2)3/h7-10,12,17H,6H2,1-5H3,(H,16,18)/t12-/m1/s1. The molecule has 0 aliphatic rings. The van der Waals surface area contributed by atoms with Crippen molar-refractivity contribution < 1.29 is 13.2 Å². The maximum absolute atomic E-state index is 12.3. The fourth-order valence-electron chi connectivity index (χ4n) is 1.77. The molecule has 1 rings (SSSR count). The van der Waals surface area contributed by atoms with Gasteiger partial charge in [-0.05, 0) is 51.8 Å². The van der Waals surface area contributed by atoms with Gasteiger partial charge in [0.05, 0.1) is 4.90 Å². The van der Waals surface area contributed by atoms with Crippen molar-refractivity contribution in [2.75, 3.05) is 0 Å². The molecule has 0 fully saturated rings. The fourth-order valence-corrected chi connectivity index (χ4v) is 3.12. The number of sulfonamides is 1. The number of carbonyl (C=O) groups excluding carboxylic acids is 1. The zero-order chi connectivity index (χ0) is 16.2. The number of nitrogens with one attached hydrogen (secondary N) is 2. The Hall–Kier alpha value is -1.40. The molecule has 1 atom stereocenters. The van der Waals surface area contributed by atoms with Crippen molar-refractivity contribution in [2.45, 2.75) is 58.0 Å². The highest BCUT2D eigenvalue weighted by Crippen LogP contribution is 2.16. The minimum absolute atomic E-state index is 0.00426. The van der Waals surface area contributed by atoms with Crippen LogP contribution in [0.3, 0.4) is 0 Å². The minimum Gasteiger partial charge on any atom is -0.350 e. The lowest BCUT2D eigenvalue weighted by Gasteiger charge is -2.14. The molecular weight excluding hydrogens is 288 g/mol. The predicted molar refractivity (Wildman–Crippen MR) is 83.9 cm³/mol. The Kier molecular flexibility index (Phi) is 5.92. The first-order valence-electron chi connectivity index (χ1n) is 7.11. The fraction of sp³-hybridized carbons (Fsp3) is 0.533. The largest absolute Gasteiger partial charge is 0.350 e. The number of carbonyl (C=O) groups is 1. The number of amides is 1. The zero-order valence-electron chi connectivity index (χ0n) is 13.2. The quantitative estimate of drug-likeness (QED) is 0.845. The second-order valence-electron chi connectivity index (χ2n) is 5.54. The van der Waals surface area contributed by atoms with Crippen molar-refractivity contribution in [3.05, 3.63) is 29.3 Å². The van der Waals surface area contributed by atoms with Crippen LogP contribution in [0.2, 0.25) is 0 Å². The molecule has 118 valence electrons. The summed E-state index contributed by atoms with van der Waals surface area (Å²) in [7, 11) is -3.60. The van der Waals surface area contributed by atoms with E-state index in [-0.39, 0.29) is 22.9 Å². The Morgan fingerprint density at radius 2 is 1.86 bits per heavy atom. The van der Waals surface area contributed by atoms with Crippen LogP contribution in [-0.4, -0.2) is 26.4 Å². The van der Waals surface area contributed by atoms with E-state index in [2.05, 4.69) is 10.0 Å². The van der Waals surface area contributed by atoms with Crippen molar-refractivity contribution in [1.82, 2.24) is 10.0 Å². The third-order valence-electron chi connectivity index (χ3n) is 3.15. The minimum atomic E-state index is -3.60. The van der Waals surface area contributed by atoms with Crippen LogP contribution in [0.15, 0.2) is 23.1 Å². The Balaban J connectivity index is 3.14. The number of hydrogen-bond donors (Lipinski definition) is 2. The predicted octanol–water partition coefficient (Wildman–Crippen LogP) is 2.21. The van der Waals surface area contributed by atoms with Crippen molar-refractivity contribution in [3.63, 3.8) is 0 Å². The van der Waals surface area contributed by atoms with Crippen molar-refractivity contribution in [1.29, 1.82) is 0 Å². The van der Waals surface area contributed by atoms with E-state index in [0.717, 1.165) is 5.56 Å². The van der Waals surface area contributed by atoms with Crippen LogP contribution in [0.1, 0.15) is 50.0 Å². The molecule has 0 saturated carbocycles. The van der Waals surface area contributed by atoms with Crippen LogP contribution < -0.4 is 10.0 Å². The lowest BCUT2D eigenvalue weighted by molar-refractivity contribution is 0.0942. The van der Waals surface area contributed by atoms with Gasteiger partial charge in [0.2, 0.25) is 10.0 Å². The average molecular weight is 312 g/mol. The van der Waals surface area contributed by atoms with E-state index in [0.29, 0.717) is 12.0 Å². The normalized spacial score (nSPS) is 13.2. The summed E-state index contributed by atoms with van der Waals surface area (Å²) < 4.78 is 27.1. The lowest BCUT2D eigenvalue weighted by atomic mass is 10.1. The monoisotopic (exact) mass is 312 g/mol. The topological polar surface area (TPSA) is 75.3 Å². The molecule has 0 heterocycles. The van der Waals surface area contributed by atoms with Crippen molar-refractivity contribution >= 4 is 15.9 Å². The summed E-state index contributed by atoms with van der Waals surface area (Å²) in [6.07, 6.45) is 0.700. The van der Waals surface area contributed by atoms with E-state index < -0.39 is 10.0 Å². The Morgan fingerprint density at radius 3 is 2.38 bits per heavy atom. The van der Waals surface area contributed by atoms with Gasteiger partial charge in [-0.3, -0.25) is 4.79 Å². The first-order chi connectivity index (χ1) is 9.67. The number of benzene rings is 1. The summed E-state index contributed by atoms with van der Waals surface area (Å²) in [5.41, 5.74) is 1.13. The molecule has 5 nitrogen and oxygen atoms in total. The van der Waals surface area contributed by atoms with Gasteiger partial charge in [-0.25, -0.2) is 13.1 Å². The van der Waals surface area contributed by atoms with Crippen LogP contribution in [-0.2, 0) is 10.0 Å². The second kappa shape index (κ2) is 7.04. The molecule has 2 N–H and O–H groups in total. The van der Waals surface area contributed by atoms with E-state index in [1.807, 2.05) is 20.8 Å². The third kappa shape index (κ3) is 4.82. The molecule has 1 aromatic rings. The molecule has 0 bridgehead atoms. The molecule has 6 heteroatoms. The lowest BCUT2D eigenvalue weighted by Crippen LogP contribution is -2.33. The first-order valence-corrected chi connectivity index (χ1v) is 8.59. The molecule has 0 aromatic heterocycles. The van der Waals surface area contributed by atoms with Crippen molar-refractivity contribution in [3.8, 4) is 0 Å². The highest BCUT2D eigenvalue weighted by atomic mass is 32.2. The molecule has 0 aliphatic carbocycles. The SMILES string of the molecule is CC[C@@H](C)NS(=O)(=O)c1ccc(C)c(C(=O)NC(C)C)c1. The number of aryl methyl sites for hydroxylation is 1. The molecule has 0 radical (unpaired) electrons. The van der Waals surface area contributed by atoms with E-state index in [4.69, 9.17) is 0 Å². The van der Waals surface area contributed by atoms with Gasteiger partial charge in [-0.15, -0.1) is 0 Å². The Morgan fingerprint density at radius 1 is 1.24 bits per heavy atom. The van der Waals surface area contributed by atoms with E-state index >= 15 is 0 Å². The molecule has 0 unspecified atom stereocenters. The van der Waals surface area contributed by atoms with Gasteiger partial charge < -0.3 is 5.32 Å². The molecular formula is C15H24N2O3S. The summed E-state index contributed by atoms with van der Waals surface area (Å²) in [5.74, 6) is -0.261. The summed E-state index contributed by atoms with van der Waals surface area (Å²) in [5, 5.41) is 2.78. The van der Waals surface area contributed by atoms with Crippen LogP contribution in [0.5, 0.6) is 0 Å². The number of hydrogen-bond acceptors (Lipinski definition) is 3. The van der Waals surface area contributed by atoms with Crippen LogP contribution >= 0.6 is 0 Å². The Labute approximate surface area is 127 Å². The molecule has 0 saturated heterocycles. The van der Waals surface area contributed by atoms with Gasteiger partial charge >= 0.3 is 0 Å². The summed E-state index contributed by atoms with van der Waals surface area (Å²) in [4.78, 5) is 12.2. The molecule has 0 aliphatic heterocycles. The first kappa shape index (κ1) is 17.7. The van der Waals surface area contributed by atoms with Gasteiger partial charge in [0.25, 0.3) is 5.91 Å². The van der Waals surface area contributed by atoms with Gasteiger partial charge in [-0.1, -0.05) is 13.0 Å². The van der Waals surface area contributed by atoms with Crippen molar-refractivity contribution in [2.24, 2.45) is 0 Å². The van der Waals surface area contributed by atoms with Crippen LogP contribution in [0, 0.1) is 6.92 Å². The average Bonchev–Trinajstić information content (AvgIpc) is 2.37. The highest BCUT2D eigenvalue weighted by Gasteiger charge is 2.19. The summed E-state index contributed by atoms with van der Waals surface area (Å²) >= 11 is 0. The van der Waals surface area contributed by atoms with Gasteiger partial charge in [-0.2, -0.15) is 0 Å². The highest BCUT2D eigenvalue weighted by molar-refractivity contribution is 7.89. The maximum Gasteiger partial charge on any atom is 0.251 e. The van der Waals surface area contributed by atoms with E-state index in [1.54, 1.807) is 19.9 Å². The molecule has 1 amide bonds. The number of rotatable bonds is 6. The maximum atomic E-state index is 12.3. The molecule has 0 spiro atoms. The summed E-state index contributed by atoms with van der Waals surface area (Å²) in [6, 6.07) is 4.45. The Bertz CT molecular complexity index is 609. The summed E-state index contributed by atoms with van der Waals surface area (Å²) in [6.45, 7) is 9.21. The van der Waals surface area contributed by atoms with Gasteiger partial charge in [0, 0.05) is 17.6 Å². The second-order valence-corrected chi connectivity index (χ2v) is 7.25. The van der Waals surface area contributed by atoms with E-state index in [9.17, 15) is 13.2 Å². The smallest absolute Gasteiger partial charge is 0.251 e. The van der Waals surface area contributed by atoms with Crippen LogP contribution in [0.25, 0.3) is 0 Å². The van der Waals surface area contributed by atoms with Crippen LogP contribution in [0.4, 0.5) is 0 Å². The van der Waals surface area contributed by atoms with E-state index in [1.165, 1.54) is 12.1 Å².